The molecule has 1 atom stereocenters. The van der Waals surface area contributed by atoms with Gasteiger partial charge in [0.2, 0.25) is 0 Å². The van der Waals surface area contributed by atoms with Gasteiger partial charge in [0.25, 0.3) is 0 Å². The minimum Gasteiger partial charge on any atom is -0.508 e. The van der Waals surface area contributed by atoms with Crippen LogP contribution in [0.5, 0.6) is 17.2 Å². The fourth-order valence-electron chi connectivity index (χ4n) is 3.47. The Hall–Kier alpha value is -2.79. The molecule has 0 aliphatic carbocycles. The Morgan fingerprint density at radius 2 is 1.65 bits per heavy atom. The highest BCUT2D eigenvalue weighted by Gasteiger charge is 2.48. The molecular formula is C21H15BrO4. The molecule has 3 aromatic rings. The zero-order chi connectivity index (χ0) is 18.3. The molecule has 0 saturated heterocycles. The molecule has 1 aliphatic rings. The summed E-state index contributed by atoms with van der Waals surface area (Å²) in [5.74, 6) is -0.515. The van der Waals surface area contributed by atoms with E-state index >= 15 is 0 Å². The molecule has 4 rings (SSSR count). The van der Waals surface area contributed by atoms with Crippen molar-refractivity contribution in [3.05, 3.63) is 87.9 Å². The number of aromatic hydroxyl groups is 2. The van der Waals surface area contributed by atoms with Gasteiger partial charge in [0.15, 0.2) is 5.78 Å². The van der Waals surface area contributed by atoms with Crippen LogP contribution in [0.1, 0.15) is 21.5 Å². The van der Waals surface area contributed by atoms with Crippen molar-refractivity contribution in [2.45, 2.75) is 5.41 Å². The van der Waals surface area contributed by atoms with Crippen molar-refractivity contribution in [2.75, 3.05) is 6.61 Å². The highest BCUT2D eigenvalue weighted by molar-refractivity contribution is 9.10. The number of hydrogen-bond acceptors (Lipinski definition) is 4. The van der Waals surface area contributed by atoms with E-state index in [-0.39, 0.29) is 35.2 Å². The van der Waals surface area contributed by atoms with Gasteiger partial charge < -0.3 is 14.9 Å². The zero-order valence-electron chi connectivity index (χ0n) is 13.6. The molecule has 0 fully saturated rings. The van der Waals surface area contributed by atoms with Crippen LogP contribution < -0.4 is 4.74 Å². The first-order chi connectivity index (χ1) is 12.5. The maximum atomic E-state index is 13.6. The van der Waals surface area contributed by atoms with Crippen LogP contribution in [0, 0.1) is 0 Å². The molecule has 3 aromatic carbocycles. The standard InChI is InChI=1S/C21H15BrO4/c22-15-8-4-7-14(9-15)21(13-5-2-1-3-6-13)12-26-18-11-16(23)10-17(24)19(18)20(21)25/h1-11,23-24H,12H2. The van der Waals surface area contributed by atoms with Gasteiger partial charge in [-0.05, 0) is 23.3 Å². The topological polar surface area (TPSA) is 66.8 Å². The molecule has 26 heavy (non-hydrogen) atoms. The van der Waals surface area contributed by atoms with E-state index in [1.165, 1.54) is 6.07 Å². The number of rotatable bonds is 2. The molecule has 0 bridgehead atoms. The van der Waals surface area contributed by atoms with E-state index in [1.54, 1.807) is 0 Å². The molecule has 2 N–H and O–H groups in total. The van der Waals surface area contributed by atoms with Gasteiger partial charge in [-0.2, -0.15) is 0 Å². The SMILES string of the molecule is O=C1c2c(O)cc(O)cc2OCC1(c1ccccc1)c1cccc(Br)c1. The van der Waals surface area contributed by atoms with Gasteiger partial charge in [0, 0.05) is 16.6 Å². The molecule has 130 valence electrons. The number of phenolic OH excluding ortho intramolecular Hbond substituents is 2. The Bertz CT molecular complexity index is 1000. The van der Waals surface area contributed by atoms with E-state index in [0.717, 1.165) is 21.7 Å². The lowest BCUT2D eigenvalue weighted by molar-refractivity contribution is 0.0813. The van der Waals surface area contributed by atoms with Crippen molar-refractivity contribution in [1.82, 2.24) is 0 Å². The largest absolute Gasteiger partial charge is 0.508 e. The van der Waals surface area contributed by atoms with E-state index in [9.17, 15) is 15.0 Å². The van der Waals surface area contributed by atoms with Gasteiger partial charge >= 0.3 is 0 Å². The number of Topliss-reactive ketones (excluding diaryl/α,β-unsaturated/α-hetero) is 1. The second-order valence-corrected chi connectivity index (χ2v) is 7.15. The highest BCUT2D eigenvalue weighted by atomic mass is 79.9. The van der Waals surface area contributed by atoms with Gasteiger partial charge in [-0.3, -0.25) is 4.79 Å². The Balaban J connectivity index is 2.00. The molecule has 4 nitrogen and oxygen atoms in total. The third-order valence-corrected chi connectivity index (χ3v) is 5.20. The van der Waals surface area contributed by atoms with Crippen LogP contribution in [0.4, 0.5) is 0 Å². The highest BCUT2D eigenvalue weighted by Crippen LogP contribution is 2.46. The van der Waals surface area contributed by atoms with Crippen molar-refractivity contribution in [3.8, 4) is 17.2 Å². The number of ketones is 1. The Morgan fingerprint density at radius 1 is 0.923 bits per heavy atom. The fourth-order valence-corrected chi connectivity index (χ4v) is 3.86. The first kappa shape index (κ1) is 16.7. The number of carbonyl (C=O) groups is 1. The van der Waals surface area contributed by atoms with Crippen LogP contribution in [0.2, 0.25) is 0 Å². The summed E-state index contributed by atoms with van der Waals surface area (Å²) in [5.41, 5.74) is 0.534. The quantitative estimate of drug-likeness (QED) is 0.655. The number of benzene rings is 3. The molecule has 0 amide bonds. The molecule has 1 heterocycles. The number of fused-ring (bicyclic) bond motifs is 1. The summed E-state index contributed by atoms with van der Waals surface area (Å²) >= 11 is 3.47. The van der Waals surface area contributed by atoms with Crippen molar-refractivity contribution < 1.29 is 19.7 Å². The van der Waals surface area contributed by atoms with Crippen molar-refractivity contribution in [3.63, 3.8) is 0 Å². The summed E-state index contributed by atoms with van der Waals surface area (Å²) in [6.45, 7) is 0.0716. The van der Waals surface area contributed by atoms with Crippen molar-refractivity contribution in [1.29, 1.82) is 0 Å². The summed E-state index contributed by atoms with van der Waals surface area (Å²) in [6.07, 6.45) is 0. The number of ether oxygens (including phenoxy) is 1. The summed E-state index contributed by atoms with van der Waals surface area (Å²) in [4.78, 5) is 13.6. The lowest BCUT2D eigenvalue weighted by Gasteiger charge is -2.37. The van der Waals surface area contributed by atoms with E-state index in [4.69, 9.17) is 4.74 Å². The predicted octanol–water partition coefficient (Wildman–Crippen LogP) is 4.42. The van der Waals surface area contributed by atoms with E-state index in [2.05, 4.69) is 15.9 Å². The van der Waals surface area contributed by atoms with Gasteiger partial charge in [-0.25, -0.2) is 0 Å². The first-order valence-electron chi connectivity index (χ1n) is 8.07. The summed E-state index contributed by atoms with van der Waals surface area (Å²) < 4.78 is 6.71. The monoisotopic (exact) mass is 410 g/mol. The second kappa shape index (κ2) is 6.18. The fraction of sp³-hybridized carbons (Fsp3) is 0.0952. The number of hydrogen-bond donors (Lipinski definition) is 2. The molecular weight excluding hydrogens is 396 g/mol. The van der Waals surface area contributed by atoms with Gasteiger partial charge in [0.05, 0.1) is 0 Å². The normalized spacial score (nSPS) is 18.9. The number of carbonyl (C=O) groups excluding carboxylic acids is 1. The van der Waals surface area contributed by atoms with Crippen LogP contribution in [-0.2, 0) is 5.41 Å². The maximum absolute atomic E-state index is 13.6. The van der Waals surface area contributed by atoms with Crippen LogP contribution in [0.15, 0.2) is 71.2 Å². The van der Waals surface area contributed by atoms with Gasteiger partial charge in [-0.1, -0.05) is 58.4 Å². The number of halogens is 1. The lowest BCUT2D eigenvalue weighted by atomic mass is 9.68. The number of phenols is 2. The molecule has 5 heteroatoms. The Kier molecular flexibility index (Phi) is 3.96. The molecule has 0 aromatic heterocycles. The average molecular weight is 411 g/mol. The van der Waals surface area contributed by atoms with Gasteiger partial charge in [0.1, 0.15) is 34.8 Å². The van der Waals surface area contributed by atoms with Crippen molar-refractivity contribution >= 4 is 21.7 Å². The second-order valence-electron chi connectivity index (χ2n) is 6.24. The third kappa shape index (κ3) is 2.47. The Morgan fingerprint density at radius 3 is 2.38 bits per heavy atom. The third-order valence-electron chi connectivity index (χ3n) is 4.71. The zero-order valence-corrected chi connectivity index (χ0v) is 15.2. The maximum Gasteiger partial charge on any atom is 0.188 e. The summed E-state index contributed by atoms with van der Waals surface area (Å²) in [5, 5.41) is 20.0. The molecule has 0 spiro atoms. The minimum atomic E-state index is -1.09. The smallest absolute Gasteiger partial charge is 0.188 e. The van der Waals surface area contributed by atoms with Crippen molar-refractivity contribution in [2.24, 2.45) is 0 Å². The lowest BCUT2D eigenvalue weighted by Crippen LogP contribution is -2.46. The average Bonchev–Trinajstić information content (AvgIpc) is 2.62. The summed E-state index contributed by atoms with van der Waals surface area (Å²) in [7, 11) is 0. The first-order valence-corrected chi connectivity index (χ1v) is 8.87. The van der Waals surface area contributed by atoms with E-state index in [0.29, 0.717) is 0 Å². The molecule has 1 aliphatic heterocycles. The van der Waals surface area contributed by atoms with Crippen LogP contribution >= 0.6 is 15.9 Å². The van der Waals surface area contributed by atoms with Gasteiger partial charge in [-0.15, -0.1) is 0 Å². The minimum absolute atomic E-state index is 0.0716. The van der Waals surface area contributed by atoms with Crippen LogP contribution in [-0.4, -0.2) is 22.6 Å². The van der Waals surface area contributed by atoms with Crippen LogP contribution in [0.25, 0.3) is 0 Å². The molecule has 0 radical (unpaired) electrons. The molecule has 0 saturated carbocycles. The van der Waals surface area contributed by atoms with E-state index < -0.39 is 5.41 Å². The Labute approximate surface area is 158 Å². The predicted molar refractivity (Wildman–Crippen MR) is 101 cm³/mol. The summed E-state index contributed by atoms with van der Waals surface area (Å²) in [6, 6.07) is 19.4. The molecule has 1 unspecified atom stereocenters. The van der Waals surface area contributed by atoms with Crippen LogP contribution in [0.3, 0.4) is 0 Å². The van der Waals surface area contributed by atoms with E-state index in [1.807, 2.05) is 54.6 Å².